The molecule has 0 aliphatic heterocycles. The van der Waals surface area contributed by atoms with Crippen LogP contribution in [0.2, 0.25) is 0 Å². The number of nitro groups is 1. The van der Waals surface area contributed by atoms with Crippen molar-refractivity contribution in [3.63, 3.8) is 0 Å². The Morgan fingerprint density at radius 2 is 2.29 bits per heavy atom. The number of aromatic hydroxyl groups is 1. The predicted molar refractivity (Wildman–Crippen MR) is 78.8 cm³/mol. The van der Waals surface area contributed by atoms with Crippen LogP contribution in [0.3, 0.4) is 0 Å². The van der Waals surface area contributed by atoms with Gasteiger partial charge < -0.3 is 5.11 Å². The fourth-order valence-electron chi connectivity index (χ4n) is 1.78. The first kappa shape index (κ1) is 14.9. The van der Waals surface area contributed by atoms with Gasteiger partial charge >= 0.3 is 5.00 Å². The normalized spacial score (nSPS) is 10.3. The van der Waals surface area contributed by atoms with Crippen LogP contribution in [0.4, 0.5) is 10.1 Å². The van der Waals surface area contributed by atoms with E-state index in [1.807, 2.05) is 6.92 Å². The van der Waals surface area contributed by atoms with E-state index in [1.54, 1.807) is 12.1 Å². The molecule has 7 nitrogen and oxygen atoms in total. The number of carbonyl (C=O) groups excluding carboxylic acids is 1. The minimum atomic E-state index is -0.577. The standard InChI is InChI=1S/C13H13N3O4S/c1-2-3-8-4-5-10(17)9(6-8)12(18)15-13-14-7-11(21-13)16(19)20/h4-7,17H,2-3H2,1H3,(H,14,15,18). The zero-order chi connectivity index (χ0) is 15.4. The predicted octanol–water partition coefficient (Wildman–Crippen LogP) is 2.96. The van der Waals surface area contributed by atoms with Crippen molar-refractivity contribution in [3.05, 3.63) is 45.6 Å². The van der Waals surface area contributed by atoms with Crippen molar-refractivity contribution < 1.29 is 14.8 Å². The van der Waals surface area contributed by atoms with Crippen molar-refractivity contribution in [2.45, 2.75) is 19.8 Å². The second-order valence-corrected chi connectivity index (χ2v) is 5.33. The minimum absolute atomic E-state index is 0.118. The topological polar surface area (TPSA) is 105 Å². The number of rotatable bonds is 5. The number of phenols is 1. The van der Waals surface area contributed by atoms with Crippen LogP contribution < -0.4 is 5.32 Å². The molecule has 0 atom stereocenters. The molecule has 2 rings (SSSR count). The van der Waals surface area contributed by atoms with E-state index < -0.39 is 10.8 Å². The molecule has 21 heavy (non-hydrogen) atoms. The van der Waals surface area contributed by atoms with Gasteiger partial charge in [-0.1, -0.05) is 19.4 Å². The lowest BCUT2D eigenvalue weighted by atomic mass is 10.1. The average molecular weight is 307 g/mol. The molecule has 1 amide bonds. The average Bonchev–Trinajstić information content (AvgIpc) is 2.90. The highest BCUT2D eigenvalue weighted by Crippen LogP contribution is 2.26. The van der Waals surface area contributed by atoms with E-state index >= 15 is 0 Å². The van der Waals surface area contributed by atoms with Gasteiger partial charge in [0, 0.05) is 0 Å². The van der Waals surface area contributed by atoms with Gasteiger partial charge in [0.1, 0.15) is 11.9 Å². The quantitative estimate of drug-likeness (QED) is 0.652. The smallest absolute Gasteiger partial charge is 0.345 e. The van der Waals surface area contributed by atoms with Crippen molar-refractivity contribution >= 4 is 27.4 Å². The Bertz CT molecular complexity index is 684. The molecular weight excluding hydrogens is 294 g/mol. The number of hydrogen-bond donors (Lipinski definition) is 2. The number of amides is 1. The number of aryl methyl sites for hydroxylation is 1. The number of nitrogens with one attached hydrogen (secondary N) is 1. The van der Waals surface area contributed by atoms with E-state index in [2.05, 4.69) is 10.3 Å². The molecule has 2 aromatic rings. The molecule has 1 aromatic heterocycles. The van der Waals surface area contributed by atoms with Crippen molar-refractivity contribution in [2.75, 3.05) is 5.32 Å². The summed E-state index contributed by atoms with van der Waals surface area (Å²) in [5.74, 6) is -0.687. The molecule has 0 unspecified atom stereocenters. The molecule has 0 fully saturated rings. The van der Waals surface area contributed by atoms with Crippen LogP contribution in [0.5, 0.6) is 5.75 Å². The first-order valence-electron chi connectivity index (χ1n) is 6.24. The highest BCUT2D eigenvalue weighted by atomic mass is 32.1. The van der Waals surface area contributed by atoms with Gasteiger partial charge in [-0.15, -0.1) is 0 Å². The number of aromatic nitrogens is 1. The van der Waals surface area contributed by atoms with Crippen LogP contribution in [0.25, 0.3) is 0 Å². The maximum absolute atomic E-state index is 12.1. The Balaban J connectivity index is 2.19. The fourth-order valence-corrected chi connectivity index (χ4v) is 2.41. The van der Waals surface area contributed by atoms with Crippen LogP contribution in [0, 0.1) is 10.1 Å². The van der Waals surface area contributed by atoms with Gasteiger partial charge in [0.2, 0.25) is 0 Å². The van der Waals surface area contributed by atoms with Gasteiger partial charge in [-0.25, -0.2) is 4.98 Å². The van der Waals surface area contributed by atoms with Gasteiger partial charge in [0.05, 0.1) is 10.5 Å². The Labute approximate surface area is 124 Å². The number of hydrogen-bond acceptors (Lipinski definition) is 6. The Hall–Kier alpha value is -2.48. The number of thiazole rings is 1. The van der Waals surface area contributed by atoms with Crippen LogP contribution in [-0.4, -0.2) is 20.9 Å². The van der Waals surface area contributed by atoms with E-state index in [-0.39, 0.29) is 21.4 Å². The monoisotopic (exact) mass is 307 g/mol. The minimum Gasteiger partial charge on any atom is -0.507 e. The van der Waals surface area contributed by atoms with Crippen LogP contribution in [-0.2, 0) is 6.42 Å². The first-order valence-corrected chi connectivity index (χ1v) is 7.06. The molecule has 0 saturated heterocycles. The lowest BCUT2D eigenvalue weighted by Gasteiger charge is -2.06. The third kappa shape index (κ3) is 3.54. The van der Waals surface area contributed by atoms with Crippen LogP contribution in [0.1, 0.15) is 29.3 Å². The van der Waals surface area contributed by atoms with Crippen molar-refractivity contribution in [3.8, 4) is 5.75 Å². The van der Waals surface area contributed by atoms with Gasteiger partial charge in [0.15, 0.2) is 5.13 Å². The number of carbonyl (C=O) groups is 1. The van der Waals surface area contributed by atoms with Crippen LogP contribution >= 0.6 is 11.3 Å². The van der Waals surface area contributed by atoms with Crippen molar-refractivity contribution in [1.82, 2.24) is 4.98 Å². The number of anilines is 1. The first-order chi connectivity index (χ1) is 10.0. The SMILES string of the molecule is CCCc1ccc(O)c(C(=O)Nc2ncc([N+](=O)[O-])s2)c1. The summed E-state index contributed by atoms with van der Waals surface area (Å²) in [4.78, 5) is 25.8. The summed E-state index contributed by atoms with van der Waals surface area (Å²) >= 11 is 0.761. The zero-order valence-corrected chi connectivity index (χ0v) is 12.0. The van der Waals surface area contributed by atoms with E-state index in [1.165, 1.54) is 6.07 Å². The molecule has 0 aliphatic rings. The zero-order valence-electron chi connectivity index (χ0n) is 11.2. The molecule has 0 radical (unpaired) electrons. The van der Waals surface area contributed by atoms with Crippen LogP contribution in [0.15, 0.2) is 24.4 Å². The Kier molecular flexibility index (Phi) is 4.49. The molecule has 8 heteroatoms. The molecule has 2 N–H and O–H groups in total. The summed E-state index contributed by atoms with van der Waals surface area (Å²) in [5.41, 5.74) is 1.06. The van der Waals surface area contributed by atoms with E-state index in [4.69, 9.17) is 0 Å². The summed E-state index contributed by atoms with van der Waals surface area (Å²) in [6.07, 6.45) is 2.79. The number of phenolic OH excluding ortho intramolecular Hbond substituents is 1. The summed E-state index contributed by atoms with van der Waals surface area (Å²) in [6.45, 7) is 2.02. The van der Waals surface area contributed by atoms with E-state index in [0.717, 1.165) is 35.9 Å². The maximum atomic E-state index is 12.1. The second kappa shape index (κ2) is 6.31. The molecular formula is C13H13N3O4S. The third-order valence-corrected chi connectivity index (χ3v) is 3.60. The van der Waals surface area contributed by atoms with Crippen molar-refractivity contribution in [1.29, 1.82) is 0 Å². The number of nitrogens with zero attached hydrogens (tertiary/aromatic N) is 2. The molecule has 110 valence electrons. The second-order valence-electron chi connectivity index (χ2n) is 4.32. The van der Waals surface area contributed by atoms with Gasteiger partial charge in [-0.2, -0.15) is 0 Å². The molecule has 1 aromatic carbocycles. The molecule has 0 bridgehead atoms. The van der Waals surface area contributed by atoms with Gasteiger partial charge in [0.25, 0.3) is 5.91 Å². The van der Waals surface area contributed by atoms with E-state index in [0.29, 0.717) is 0 Å². The lowest BCUT2D eigenvalue weighted by molar-refractivity contribution is -0.380. The summed E-state index contributed by atoms with van der Waals surface area (Å²) in [7, 11) is 0. The third-order valence-electron chi connectivity index (χ3n) is 2.74. The lowest BCUT2D eigenvalue weighted by Crippen LogP contribution is -2.12. The Morgan fingerprint density at radius 1 is 1.52 bits per heavy atom. The summed E-state index contributed by atoms with van der Waals surface area (Å²) in [5, 5.41) is 22.7. The largest absolute Gasteiger partial charge is 0.507 e. The Morgan fingerprint density at radius 3 is 2.90 bits per heavy atom. The van der Waals surface area contributed by atoms with Crippen molar-refractivity contribution in [2.24, 2.45) is 0 Å². The number of benzene rings is 1. The van der Waals surface area contributed by atoms with E-state index in [9.17, 15) is 20.0 Å². The summed E-state index contributed by atoms with van der Waals surface area (Å²) in [6, 6.07) is 4.82. The molecule has 0 spiro atoms. The van der Waals surface area contributed by atoms with Gasteiger partial charge in [-0.3, -0.25) is 20.2 Å². The molecule has 0 saturated carbocycles. The maximum Gasteiger partial charge on any atom is 0.345 e. The molecule has 1 heterocycles. The summed E-state index contributed by atoms with van der Waals surface area (Å²) < 4.78 is 0. The molecule has 0 aliphatic carbocycles. The fraction of sp³-hybridized carbons (Fsp3) is 0.231. The highest BCUT2D eigenvalue weighted by molar-refractivity contribution is 7.18. The van der Waals surface area contributed by atoms with Gasteiger partial charge in [-0.05, 0) is 35.5 Å². The highest BCUT2D eigenvalue weighted by Gasteiger charge is 2.16.